The Morgan fingerprint density at radius 2 is 1.87 bits per heavy atom. The van der Waals surface area contributed by atoms with E-state index >= 15 is 4.39 Å². The first kappa shape index (κ1) is 27.0. The maximum atomic E-state index is 15.2. The Bertz CT molecular complexity index is 753. The number of hydrogen-bond acceptors (Lipinski definition) is 2. The zero-order valence-electron chi connectivity index (χ0n) is 19.6. The van der Waals surface area contributed by atoms with Gasteiger partial charge in [0.05, 0.1) is 0 Å². The van der Waals surface area contributed by atoms with E-state index in [0.29, 0.717) is 24.9 Å². The van der Waals surface area contributed by atoms with Gasteiger partial charge in [0.25, 0.3) is 0 Å². The molecule has 0 bridgehead atoms. The first-order valence-corrected chi connectivity index (χ1v) is 11.5. The molecule has 0 aromatic heterocycles. The van der Waals surface area contributed by atoms with Crippen LogP contribution in [0, 0.1) is 17.0 Å². The molecule has 0 aliphatic heterocycles. The molecule has 31 heavy (non-hydrogen) atoms. The molecule has 1 N–H and O–H groups in total. The number of halogens is 3. The Kier molecular flexibility index (Phi) is 11.7. The van der Waals surface area contributed by atoms with Crippen LogP contribution in [0.1, 0.15) is 84.6 Å². The van der Waals surface area contributed by atoms with Gasteiger partial charge < -0.3 is 5.32 Å². The van der Waals surface area contributed by atoms with Crippen molar-refractivity contribution in [3.63, 3.8) is 0 Å². The van der Waals surface area contributed by atoms with Crippen LogP contribution in [0.25, 0.3) is 0 Å². The first-order chi connectivity index (χ1) is 14.9. The zero-order chi connectivity index (χ0) is 23.4. The standard InChI is InChI=1S/C24H32F3NO.C2H6/c1-4-7-18(8-5-2)28-16-24(12-13-24)15-22(29)23(27)19(9-6-3)17-10-11-20(25)21(26)14-17;1-2/h4,7-8,10-11,14,19,23,28H,5-6,9,12-13,15-16H2,1-3H3;1-2H3/b7-4-,18-8+;. The molecule has 1 fully saturated rings. The average molecular weight is 438 g/mol. The van der Waals surface area contributed by atoms with Gasteiger partial charge in [-0.05, 0) is 61.8 Å². The number of ketones is 1. The third-order valence-electron chi connectivity index (χ3n) is 5.58. The van der Waals surface area contributed by atoms with Gasteiger partial charge in [0.2, 0.25) is 0 Å². The van der Waals surface area contributed by atoms with Crippen molar-refractivity contribution in [3.8, 4) is 0 Å². The molecule has 1 aromatic rings. The van der Waals surface area contributed by atoms with Crippen molar-refractivity contribution in [3.05, 3.63) is 59.3 Å². The van der Waals surface area contributed by atoms with E-state index in [1.54, 1.807) is 0 Å². The van der Waals surface area contributed by atoms with E-state index in [9.17, 15) is 13.6 Å². The molecular formula is C26H38F3NO. The van der Waals surface area contributed by atoms with Crippen LogP contribution in [0.4, 0.5) is 13.2 Å². The summed E-state index contributed by atoms with van der Waals surface area (Å²) >= 11 is 0. The quantitative estimate of drug-likeness (QED) is 0.345. The fraction of sp³-hybridized carbons (Fsp3) is 0.577. The second-order valence-corrected chi connectivity index (χ2v) is 8.03. The van der Waals surface area contributed by atoms with Crippen molar-refractivity contribution in [2.45, 2.75) is 85.2 Å². The molecule has 5 heteroatoms. The summed E-state index contributed by atoms with van der Waals surface area (Å²) in [4.78, 5) is 12.7. The van der Waals surface area contributed by atoms with Crippen LogP contribution in [-0.4, -0.2) is 18.5 Å². The molecule has 0 saturated heterocycles. The molecule has 174 valence electrons. The molecule has 1 aliphatic rings. The van der Waals surface area contributed by atoms with Crippen LogP contribution in [0.3, 0.4) is 0 Å². The Balaban J connectivity index is 0.00000233. The van der Waals surface area contributed by atoms with E-state index in [2.05, 4.69) is 18.3 Å². The van der Waals surface area contributed by atoms with Gasteiger partial charge in [-0.15, -0.1) is 0 Å². The van der Waals surface area contributed by atoms with Gasteiger partial charge in [-0.25, -0.2) is 13.2 Å². The normalized spacial score (nSPS) is 17.0. The van der Waals surface area contributed by atoms with E-state index in [0.717, 1.165) is 37.1 Å². The number of carbonyl (C=O) groups is 1. The van der Waals surface area contributed by atoms with E-state index in [4.69, 9.17) is 0 Å². The van der Waals surface area contributed by atoms with E-state index < -0.39 is 29.5 Å². The van der Waals surface area contributed by atoms with Gasteiger partial charge in [-0.2, -0.15) is 0 Å². The van der Waals surface area contributed by atoms with Crippen LogP contribution in [0.2, 0.25) is 0 Å². The molecule has 2 atom stereocenters. The highest BCUT2D eigenvalue weighted by Crippen LogP contribution is 2.49. The van der Waals surface area contributed by atoms with Crippen LogP contribution >= 0.6 is 0 Å². The fourth-order valence-electron chi connectivity index (χ4n) is 3.71. The molecule has 2 rings (SSSR count). The maximum Gasteiger partial charge on any atom is 0.168 e. The molecule has 1 aliphatic carbocycles. The smallest absolute Gasteiger partial charge is 0.168 e. The highest BCUT2D eigenvalue weighted by Gasteiger charge is 2.46. The number of Topliss-reactive ketones (excluding diaryl/α,β-unsaturated/α-hetero) is 1. The Morgan fingerprint density at radius 3 is 2.39 bits per heavy atom. The molecule has 0 amide bonds. The summed E-state index contributed by atoms with van der Waals surface area (Å²) < 4.78 is 42.0. The van der Waals surface area contributed by atoms with Crippen molar-refractivity contribution in [1.82, 2.24) is 5.32 Å². The average Bonchev–Trinajstić information content (AvgIpc) is 3.53. The summed E-state index contributed by atoms with van der Waals surface area (Å²) in [6.07, 6.45) is 8.21. The van der Waals surface area contributed by atoms with Gasteiger partial charge >= 0.3 is 0 Å². The van der Waals surface area contributed by atoms with Crippen molar-refractivity contribution in [2.75, 3.05) is 6.54 Å². The lowest BCUT2D eigenvalue weighted by Gasteiger charge is -2.23. The fourth-order valence-corrected chi connectivity index (χ4v) is 3.71. The second-order valence-electron chi connectivity index (χ2n) is 8.03. The van der Waals surface area contributed by atoms with E-state index in [1.807, 2.05) is 39.8 Å². The molecule has 0 heterocycles. The van der Waals surface area contributed by atoms with Crippen LogP contribution in [-0.2, 0) is 4.79 Å². The van der Waals surface area contributed by atoms with Gasteiger partial charge in [-0.1, -0.05) is 52.3 Å². The summed E-state index contributed by atoms with van der Waals surface area (Å²) in [7, 11) is 0. The van der Waals surface area contributed by atoms with Crippen molar-refractivity contribution in [1.29, 1.82) is 0 Å². The number of rotatable bonds is 12. The predicted molar refractivity (Wildman–Crippen MR) is 123 cm³/mol. The van der Waals surface area contributed by atoms with Crippen molar-refractivity contribution < 1.29 is 18.0 Å². The number of benzene rings is 1. The van der Waals surface area contributed by atoms with Crippen molar-refractivity contribution >= 4 is 5.78 Å². The summed E-state index contributed by atoms with van der Waals surface area (Å²) in [5.74, 6) is -3.17. The van der Waals surface area contributed by atoms with Gasteiger partial charge in [0, 0.05) is 24.6 Å². The van der Waals surface area contributed by atoms with Gasteiger partial charge in [0.15, 0.2) is 23.6 Å². The zero-order valence-corrected chi connectivity index (χ0v) is 19.6. The SMILES string of the molecule is C/C=C\C(=C/CC)NCC1(CC(=O)C(F)C(CCC)c2ccc(F)c(F)c2)CC1.CC. The van der Waals surface area contributed by atoms with Crippen LogP contribution in [0.15, 0.2) is 42.1 Å². The lowest BCUT2D eigenvalue weighted by Crippen LogP contribution is -2.31. The molecule has 2 unspecified atom stereocenters. The molecule has 1 aromatic carbocycles. The number of hydrogen-bond donors (Lipinski definition) is 1. The highest BCUT2D eigenvalue weighted by atomic mass is 19.2. The molecule has 2 nitrogen and oxygen atoms in total. The topological polar surface area (TPSA) is 29.1 Å². The summed E-state index contributed by atoms with van der Waals surface area (Å²) in [6, 6.07) is 3.40. The Labute approximate surface area is 186 Å². The largest absolute Gasteiger partial charge is 0.385 e. The Hall–Kier alpha value is -2.04. The minimum Gasteiger partial charge on any atom is -0.385 e. The number of nitrogens with one attached hydrogen (secondary N) is 1. The monoisotopic (exact) mass is 437 g/mol. The second kappa shape index (κ2) is 13.4. The van der Waals surface area contributed by atoms with E-state index in [-0.39, 0.29) is 11.8 Å². The van der Waals surface area contributed by atoms with Gasteiger partial charge in [-0.3, -0.25) is 4.79 Å². The van der Waals surface area contributed by atoms with Crippen molar-refractivity contribution in [2.24, 2.45) is 5.41 Å². The third-order valence-corrected chi connectivity index (χ3v) is 5.58. The molecule has 1 saturated carbocycles. The summed E-state index contributed by atoms with van der Waals surface area (Å²) in [6.45, 7) is 10.5. The summed E-state index contributed by atoms with van der Waals surface area (Å²) in [5.41, 5.74) is 1.15. The van der Waals surface area contributed by atoms with E-state index in [1.165, 1.54) is 6.07 Å². The van der Waals surface area contributed by atoms with Crippen LogP contribution in [0.5, 0.6) is 0 Å². The molecule has 0 radical (unpaired) electrons. The third kappa shape index (κ3) is 8.19. The number of carbonyl (C=O) groups excluding carboxylic acids is 1. The van der Waals surface area contributed by atoms with Crippen LogP contribution < -0.4 is 5.32 Å². The lowest BCUT2D eigenvalue weighted by molar-refractivity contribution is -0.125. The molecule has 0 spiro atoms. The minimum absolute atomic E-state index is 0.167. The summed E-state index contributed by atoms with van der Waals surface area (Å²) in [5, 5.41) is 3.38. The van der Waals surface area contributed by atoms with Gasteiger partial charge in [0.1, 0.15) is 0 Å². The predicted octanol–water partition coefficient (Wildman–Crippen LogP) is 7.41. The number of alkyl halides is 1. The maximum absolute atomic E-state index is 15.2. The minimum atomic E-state index is -1.71. The Morgan fingerprint density at radius 1 is 1.19 bits per heavy atom. The lowest BCUT2D eigenvalue weighted by atomic mass is 9.85. The molecular weight excluding hydrogens is 399 g/mol. The first-order valence-electron chi connectivity index (χ1n) is 11.5. The highest BCUT2D eigenvalue weighted by molar-refractivity contribution is 5.85. The number of allylic oxidation sites excluding steroid dienone is 3.